The van der Waals surface area contributed by atoms with Crippen LogP contribution in [0.15, 0.2) is 24.3 Å². The van der Waals surface area contributed by atoms with Crippen LogP contribution in [0.3, 0.4) is 0 Å². The van der Waals surface area contributed by atoms with E-state index in [4.69, 9.17) is 0 Å². The van der Waals surface area contributed by atoms with E-state index < -0.39 is 10.0 Å². The van der Waals surface area contributed by atoms with Crippen molar-refractivity contribution >= 4 is 27.0 Å². The summed E-state index contributed by atoms with van der Waals surface area (Å²) >= 11 is 0. The predicted molar refractivity (Wildman–Crippen MR) is 86.4 cm³/mol. The highest BCUT2D eigenvalue weighted by Crippen LogP contribution is 2.28. The molecule has 6 nitrogen and oxygen atoms in total. The van der Waals surface area contributed by atoms with Gasteiger partial charge in [0, 0.05) is 19.1 Å². The first-order valence-electron chi connectivity index (χ1n) is 7.83. The van der Waals surface area contributed by atoms with E-state index in [0.29, 0.717) is 0 Å². The molecule has 2 N–H and O–H groups in total. The van der Waals surface area contributed by atoms with E-state index in [2.05, 4.69) is 19.6 Å². The van der Waals surface area contributed by atoms with Crippen molar-refractivity contribution in [1.82, 2.24) is 14.7 Å². The lowest BCUT2D eigenvalue weighted by atomic mass is 10.1. The number of nitrogens with one attached hydrogen (secondary N) is 2. The molecule has 2 aliphatic rings. The fourth-order valence-corrected chi connectivity index (χ4v) is 4.65. The van der Waals surface area contributed by atoms with Gasteiger partial charge >= 0.3 is 0 Å². The molecule has 4 rings (SSSR count). The van der Waals surface area contributed by atoms with Gasteiger partial charge < -0.3 is 9.88 Å². The number of fused-ring (bicyclic) bond motifs is 1. The lowest BCUT2D eigenvalue weighted by Gasteiger charge is -2.32. The normalized spacial score (nSPS) is 20.6. The third-order valence-corrected chi connectivity index (χ3v) is 6.48. The summed E-state index contributed by atoms with van der Waals surface area (Å²) in [6.07, 6.45) is 3.27. The SMILES string of the molecule is O=S(=O)(NC1CCN(c2nc3ccccc3[nH]2)CC1)C1CC1. The molecular formula is C15H20N4O2S. The van der Waals surface area contributed by atoms with Crippen LogP contribution in [-0.4, -0.2) is 42.8 Å². The van der Waals surface area contributed by atoms with Crippen LogP contribution in [0, 0.1) is 0 Å². The molecule has 2 heterocycles. The Morgan fingerprint density at radius 3 is 2.55 bits per heavy atom. The Kier molecular flexibility index (Phi) is 3.34. The van der Waals surface area contributed by atoms with Gasteiger partial charge in [0.1, 0.15) is 0 Å². The van der Waals surface area contributed by atoms with Crippen molar-refractivity contribution in [3.8, 4) is 0 Å². The van der Waals surface area contributed by atoms with E-state index in [1.54, 1.807) is 0 Å². The number of rotatable bonds is 4. The highest BCUT2D eigenvalue weighted by molar-refractivity contribution is 7.90. The number of H-pyrrole nitrogens is 1. The Balaban J connectivity index is 1.41. The minimum atomic E-state index is -3.08. The summed E-state index contributed by atoms with van der Waals surface area (Å²) in [4.78, 5) is 10.1. The van der Waals surface area contributed by atoms with Crippen molar-refractivity contribution in [2.24, 2.45) is 0 Å². The minimum Gasteiger partial charge on any atom is -0.342 e. The van der Waals surface area contributed by atoms with Gasteiger partial charge in [-0.25, -0.2) is 18.1 Å². The topological polar surface area (TPSA) is 78.1 Å². The minimum absolute atomic E-state index is 0.0613. The van der Waals surface area contributed by atoms with Crippen LogP contribution in [0.2, 0.25) is 0 Å². The molecule has 0 bridgehead atoms. The molecule has 7 heteroatoms. The molecule has 2 fully saturated rings. The lowest BCUT2D eigenvalue weighted by Crippen LogP contribution is -2.45. The molecule has 0 atom stereocenters. The number of anilines is 1. The molecule has 1 aliphatic carbocycles. The Hall–Kier alpha value is -1.60. The molecule has 1 saturated heterocycles. The summed E-state index contributed by atoms with van der Waals surface area (Å²) in [5.41, 5.74) is 2.00. The number of aromatic nitrogens is 2. The van der Waals surface area contributed by atoms with E-state index in [9.17, 15) is 8.42 Å². The molecule has 22 heavy (non-hydrogen) atoms. The Labute approximate surface area is 130 Å². The largest absolute Gasteiger partial charge is 0.342 e. The number of aromatic amines is 1. The summed E-state index contributed by atoms with van der Waals surface area (Å²) in [6, 6.07) is 8.04. The Morgan fingerprint density at radius 1 is 1.14 bits per heavy atom. The van der Waals surface area contributed by atoms with Gasteiger partial charge in [0.15, 0.2) is 0 Å². The zero-order valence-electron chi connectivity index (χ0n) is 12.3. The Morgan fingerprint density at radius 2 is 1.86 bits per heavy atom. The Bertz CT molecular complexity index is 741. The average molecular weight is 320 g/mol. The quantitative estimate of drug-likeness (QED) is 0.897. The first kappa shape index (κ1) is 14.0. The van der Waals surface area contributed by atoms with Crippen LogP contribution in [-0.2, 0) is 10.0 Å². The molecule has 118 valence electrons. The molecule has 2 aromatic rings. The fraction of sp³-hybridized carbons (Fsp3) is 0.533. The van der Waals surface area contributed by atoms with Gasteiger partial charge in [-0.2, -0.15) is 0 Å². The van der Waals surface area contributed by atoms with Crippen molar-refractivity contribution < 1.29 is 8.42 Å². The molecule has 1 aromatic carbocycles. The summed E-state index contributed by atoms with van der Waals surface area (Å²) in [6.45, 7) is 1.63. The van der Waals surface area contributed by atoms with Crippen molar-refractivity contribution in [2.75, 3.05) is 18.0 Å². The maximum atomic E-state index is 12.0. The average Bonchev–Trinajstić information content (AvgIpc) is 3.28. The number of para-hydroxylation sites is 2. The number of nitrogens with zero attached hydrogens (tertiary/aromatic N) is 2. The number of imidazole rings is 1. The van der Waals surface area contributed by atoms with Gasteiger partial charge in [-0.15, -0.1) is 0 Å². The first-order chi connectivity index (χ1) is 10.6. The zero-order chi connectivity index (χ0) is 15.2. The third-order valence-electron chi connectivity index (χ3n) is 4.47. The monoisotopic (exact) mass is 320 g/mol. The molecule has 0 radical (unpaired) electrons. The van der Waals surface area contributed by atoms with Crippen molar-refractivity contribution in [1.29, 1.82) is 0 Å². The van der Waals surface area contributed by atoms with Crippen LogP contribution >= 0.6 is 0 Å². The molecule has 1 aromatic heterocycles. The van der Waals surface area contributed by atoms with Crippen molar-refractivity contribution in [3.05, 3.63) is 24.3 Å². The number of benzene rings is 1. The second-order valence-electron chi connectivity index (χ2n) is 6.20. The predicted octanol–water partition coefficient (Wildman–Crippen LogP) is 1.61. The van der Waals surface area contributed by atoms with Gasteiger partial charge in [-0.05, 0) is 37.8 Å². The number of hydrogen-bond acceptors (Lipinski definition) is 4. The lowest BCUT2D eigenvalue weighted by molar-refractivity contribution is 0.457. The third kappa shape index (κ3) is 2.70. The maximum Gasteiger partial charge on any atom is 0.214 e. The van der Waals surface area contributed by atoms with Crippen LogP contribution in [0.1, 0.15) is 25.7 Å². The highest BCUT2D eigenvalue weighted by Gasteiger charge is 2.37. The van der Waals surface area contributed by atoms with Crippen LogP contribution in [0.4, 0.5) is 5.95 Å². The molecule has 0 unspecified atom stereocenters. The van der Waals surface area contributed by atoms with Crippen LogP contribution in [0.25, 0.3) is 11.0 Å². The number of piperidine rings is 1. The second kappa shape index (κ2) is 5.24. The highest BCUT2D eigenvalue weighted by atomic mass is 32.2. The van der Waals surface area contributed by atoms with Crippen molar-refractivity contribution in [2.45, 2.75) is 37.0 Å². The van der Waals surface area contributed by atoms with Gasteiger partial charge in [0.05, 0.1) is 16.3 Å². The molecular weight excluding hydrogens is 300 g/mol. The van der Waals surface area contributed by atoms with Gasteiger partial charge in [0.25, 0.3) is 0 Å². The smallest absolute Gasteiger partial charge is 0.214 e. The fourth-order valence-electron chi connectivity index (χ4n) is 3.01. The van der Waals surface area contributed by atoms with Gasteiger partial charge in [0.2, 0.25) is 16.0 Å². The summed E-state index contributed by atoms with van der Waals surface area (Å²) in [7, 11) is -3.08. The van der Waals surface area contributed by atoms with Crippen LogP contribution < -0.4 is 9.62 Å². The second-order valence-corrected chi connectivity index (χ2v) is 8.19. The van der Waals surface area contributed by atoms with Gasteiger partial charge in [-0.1, -0.05) is 12.1 Å². The number of sulfonamides is 1. The first-order valence-corrected chi connectivity index (χ1v) is 9.37. The molecule has 0 amide bonds. The van der Waals surface area contributed by atoms with Crippen LogP contribution in [0.5, 0.6) is 0 Å². The van der Waals surface area contributed by atoms with E-state index >= 15 is 0 Å². The van der Waals surface area contributed by atoms with E-state index in [0.717, 1.165) is 55.8 Å². The zero-order valence-corrected chi connectivity index (χ0v) is 13.1. The summed E-state index contributed by atoms with van der Waals surface area (Å²) in [5, 5.41) is -0.138. The van der Waals surface area contributed by atoms with E-state index in [1.807, 2.05) is 24.3 Å². The summed E-state index contributed by atoms with van der Waals surface area (Å²) < 4.78 is 26.8. The molecule has 0 spiro atoms. The molecule has 1 aliphatic heterocycles. The molecule has 1 saturated carbocycles. The number of hydrogen-bond donors (Lipinski definition) is 2. The van der Waals surface area contributed by atoms with Gasteiger partial charge in [-0.3, -0.25) is 0 Å². The maximum absolute atomic E-state index is 12.0. The standard InChI is InChI=1S/C15H20N4O2S/c20-22(21,12-5-6-12)18-11-7-9-19(10-8-11)15-16-13-3-1-2-4-14(13)17-15/h1-4,11-12,18H,5-10H2,(H,16,17). The van der Waals surface area contributed by atoms with E-state index in [-0.39, 0.29) is 11.3 Å². The van der Waals surface area contributed by atoms with Crippen molar-refractivity contribution in [3.63, 3.8) is 0 Å². The van der Waals surface area contributed by atoms with E-state index in [1.165, 1.54) is 0 Å². The summed E-state index contributed by atoms with van der Waals surface area (Å²) in [5.74, 6) is 0.879.